The topological polar surface area (TPSA) is 46.0 Å². The van der Waals surface area contributed by atoms with Gasteiger partial charge in [0.25, 0.3) is 0 Å². The van der Waals surface area contributed by atoms with E-state index in [1.807, 2.05) is 0 Å². The lowest BCUT2D eigenvalue weighted by Gasteiger charge is -2.29. The molecule has 1 N–H and O–H groups in total. The predicted octanol–water partition coefficient (Wildman–Crippen LogP) is 2.40. The third-order valence-corrected chi connectivity index (χ3v) is 3.60. The van der Waals surface area contributed by atoms with Crippen LogP contribution in [0.3, 0.4) is 0 Å². The number of aromatic nitrogens is 2. The SMILES string of the molecule is CC1CCCC(C(O)c2cnsn2)C1. The maximum absolute atomic E-state index is 10.1. The fourth-order valence-corrected chi connectivity index (χ4v) is 2.76. The van der Waals surface area contributed by atoms with Crippen molar-refractivity contribution in [2.75, 3.05) is 0 Å². The summed E-state index contributed by atoms with van der Waals surface area (Å²) in [5, 5.41) is 10.1. The van der Waals surface area contributed by atoms with E-state index in [4.69, 9.17) is 0 Å². The molecule has 1 aliphatic rings. The fraction of sp³-hybridized carbons (Fsp3) is 0.800. The lowest BCUT2D eigenvalue weighted by molar-refractivity contribution is 0.0686. The molecular formula is C10H16N2OS. The van der Waals surface area contributed by atoms with Crippen molar-refractivity contribution in [3.63, 3.8) is 0 Å². The quantitative estimate of drug-likeness (QED) is 0.818. The molecule has 3 nitrogen and oxygen atoms in total. The third kappa shape index (κ3) is 2.12. The Morgan fingerprint density at radius 1 is 1.57 bits per heavy atom. The van der Waals surface area contributed by atoms with Crippen LogP contribution in [-0.2, 0) is 0 Å². The lowest BCUT2D eigenvalue weighted by atomic mass is 9.79. The van der Waals surface area contributed by atoms with E-state index in [0.717, 1.165) is 24.5 Å². The molecule has 0 aromatic carbocycles. The zero-order chi connectivity index (χ0) is 9.97. The van der Waals surface area contributed by atoms with Gasteiger partial charge in [0.2, 0.25) is 0 Å². The molecule has 3 atom stereocenters. The molecule has 1 saturated carbocycles. The van der Waals surface area contributed by atoms with Crippen LogP contribution in [0.1, 0.15) is 44.4 Å². The van der Waals surface area contributed by atoms with Crippen molar-refractivity contribution in [2.45, 2.75) is 38.7 Å². The molecule has 1 aliphatic carbocycles. The summed E-state index contributed by atoms with van der Waals surface area (Å²) in [5.41, 5.74) is 0.758. The van der Waals surface area contributed by atoms with Crippen LogP contribution in [0.5, 0.6) is 0 Å². The minimum absolute atomic E-state index is 0.391. The van der Waals surface area contributed by atoms with E-state index in [1.165, 1.54) is 24.6 Å². The van der Waals surface area contributed by atoms with Crippen LogP contribution in [0.15, 0.2) is 6.20 Å². The first kappa shape index (κ1) is 10.1. The Morgan fingerprint density at radius 3 is 3.07 bits per heavy atom. The molecule has 0 bridgehead atoms. The van der Waals surface area contributed by atoms with Gasteiger partial charge in [-0.25, -0.2) is 0 Å². The number of rotatable bonds is 2. The summed E-state index contributed by atoms with van der Waals surface area (Å²) in [7, 11) is 0. The van der Waals surface area contributed by atoms with Crippen LogP contribution in [0.25, 0.3) is 0 Å². The van der Waals surface area contributed by atoms with Crippen LogP contribution in [-0.4, -0.2) is 13.9 Å². The Hall–Kier alpha value is -0.480. The second-order valence-corrected chi connectivity index (χ2v) is 4.87. The number of hydrogen-bond acceptors (Lipinski definition) is 4. The van der Waals surface area contributed by atoms with Crippen molar-refractivity contribution < 1.29 is 5.11 Å². The van der Waals surface area contributed by atoms with Gasteiger partial charge in [-0.1, -0.05) is 19.8 Å². The maximum atomic E-state index is 10.1. The van der Waals surface area contributed by atoms with Gasteiger partial charge in [0.05, 0.1) is 17.9 Å². The average molecular weight is 212 g/mol. The first-order valence-corrected chi connectivity index (χ1v) is 5.96. The second kappa shape index (κ2) is 4.36. The van der Waals surface area contributed by atoms with E-state index < -0.39 is 6.10 Å². The molecule has 2 rings (SSSR count). The van der Waals surface area contributed by atoms with Crippen molar-refractivity contribution in [1.29, 1.82) is 0 Å². The molecule has 1 aromatic rings. The van der Waals surface area contributed by atoms with E-state index >= 15 is 0 Å². The molecule has 78 valence electrons. The maximum Gasteiger partial charge on any atom is 0.103 e. The summed E-state index contributed by atoms with van der Waals surface area (Å²) in [6.45, 7) is 2.26. The second-order valence-electron chi connectivity index (χ2n) is 4.31. The molecule has 0 amide bonds. The van der Waals surface area contributed by atoms with Gasteiger partial charge in [-0.3, -0.25) is 0 Å². The van der Waals surface area contributed by atoms with Gasteiger partial charge in [-0.05, 0) is 24.7 Å². The molecule has 0 aliphatic heterocycles. The van der Waals surface area contributed by atoms with E-state index in [2.05, 4.69) is 15.7 Å². The fourth-order valence-electron chi connectivity index (χ4n) is 2.31. The van der Waals surface area contributed by atoms with Gasteiger partial charge in [0, 0.05) is 0 Å². The van der Waals surface area contributed by atoms with Crippen LogP contribution >= 0.6 is 11.7 Å². The highest BCUT2D eigenvalue weighted by atomic mass is 32.1. The van der Waals surface area contributed by atoms with Crippen LogP contribution in [0, 0.1) is 11.8 Å². The van der Waals surface area contributed by atoms with Crippen molar-refractivity contribution >= 4 is 11.7 Å². The van der Waals surface area contributed by atoms with E-state index in [9.17, 15) is 5.11 Å². The molecule has 4 heteroatoms. The number of aliphatic hydroxyl groups excluding tert-OH is 1. The predicted molar refractivity (Wildman–Crippen MR) is 56.0 cm³/mol. The van der Waals surface area contributed by atoms with Gasteiger partial charge in [0.1, 0.15) is 11.8 Å². The van der Waals surface area contributed by atoms with Gasteiger partial charge >= 0.3 is 0 Å². The van der Waals surface area contributed by atoms with Crippen molar-refractivity contribution in [3.05, 3.63) is 11.9 Å². The van der Waals surface area contributed by atoms with Gasteiger partial charge in [-0.15, -0.1) is 0 Å². The minimum atomic E-state index is -0.392. The normalized spacial score (nSPS) is 30.1. The molecule has 0 spiro atoms. The van der Waals surface area contributed by atoms with Gasteiger partial charge in [0.15, 0.2) is 0 Å². The summed E-state index contributed by atoms with van der Waals surface area (Å²) < 4.78 is 8.02. The number of aliphatic hydroxyl groups is 1. The van der Waals surface area contributed by atoms with Crippen molar-refractivity contribution in [3.8, 4) is 0 Å². The summed E-state index contributed by atoms with van der Waals surface area (Å²) in [6, 6.07) is 0. The standard InChI is InChI=1S/C10H16N2OS/c1-7-3-2-4-8(5-7)10(13)9-6-11-14-12-9/h6-8,10,13H,2-5H2,1H3. The smallest absolute Gasteiger partial charge is 0.103 e. The lowest BCUT2D eigenvalue weighted by Crippen LogP contribution is -2.20. The molecule has 1 fully saturated rings. The van der Waals surface area contributed by atoms with Crippen LogP contribution in [0.4, 0.5) is 0 Å². The van der Waals surface area contributed by atoms with E-state index in [0.29, 0.717) is 5.92 Å². The third-order valence-electron chi connectivity index (χ3n) is 3.10. The summed E-state index contributed by atoms with van der Waals surface area (Å²) in [4.78, 5) is 0. The summed E-state index contributed by atoms with van der Waals surface area (Å²) >= 11 is 1.17. The monoisotopic (exact) mass is 212 g/mol. The summed E-state index contributed by atoms with van der Waals surface area (Å²) in [6.07, 6.45) is 6.09. The first-order valence-electron chi connectivity index (χ1n) is 5.23. The Morgan fingerprint density at radius 2 is 2.43 bits per heavy atom. The van der Waals surface area contributed by atoms with Crippen LogP contribution in [0.2, 0.25) is 0 Å². The summed E-state index contributed by atoms with van der Waals surface area (Å²) in [5.74, 6) is 1.14. The zero-order valence-electron chi connectivity index (χ0n) is 8.39. The Bertz CT molecular complexity index is 276. The molecule has 0 radical (unpaired) electrons. The highest BCUT2D eigenvalue weighted by Crippen LogP contribution is 2.36. The Kier molecular flexibility index (Phi) is 3.13. The molecule has 1 aromatic heterocycles. The molecular weight excluding hydrogens is 196 g/mol. The highest BCUT2D eigenvalue weighted by Gasteiger charge is 2.27. The van der Waals surface area contributed by atoms with Gasteiger partial charge < -0.3 is 5.11 Å². The van der Waals surface area contributed by atoms with Crippen molar-refractivity contribution in [2.24, 2.45) is 11.8 Å². The highest BCUT2D eigenvalue weighted by molar-refractivity contribution is 6.99. The molecule has 14 heavy (non-hydrogen) atoms. The zero-order valence-corrected chi connectivity index (χ0v) is 9.20. The average Bonchev–Trinajstić information content (AvgIpc) is 2.69. The molecule has 3 unspecified atom stereocenters. The molecule has 0 saturated heterocycles. The molecule has 1 heterocycles. The van der Waals surface area contributed by atoms with E-state index in [-0.39, 0.29) is 0 Å². The Labute approximate surface area is 88.5 Å². The number of nitrogens with zero attached hydrogens (tertiary/aromatic N) is 2. The van der Waals surface area contributed by atoms with Gasteiger partial charge in [-0.2, -0.15) is 8.75 Å². The number of hydrogen-bond donors (Lipinski definition) is 1. The Balaban J connectivity index is 2.00. The minimum Gasteiger partial charge on any atom is -0.386 e. The van der Waals surface area contributed by atoms with Crippen LogP contribution < -0.4 is 0 Å². The largest absolute Gasteiger partial charge is 0.386 e. The first-order chi connectivity index (χ1) is 6.77. The van der Waals surface area contributed by atoms with E-state index in [1.54, 1.807) is 6.20 Å². The van der Waals surface area contributed by atoms with Crippen molar-refractivity contribution in [1.82, 2.24) is 8.75 Å².